The van der Waals surface area contributed by atoms with Gasteiger partial charge in [-0.25, -0.2) is 13.4 Å². The standard InChI is InChI=1S/C19H24N4O4S2/c1-12(24)20-13-9-10-15(23-29(2,26)27)14(11-13)18(25)22-19-21-16-7-5-3-4-6-8-17(16)28-19/h9-11,23H,3-8H2,1-2H3,(H,20,24)(H,21,22,25). The van der Waals surface area contributed by atoms with Crippen molar-refractivity contribution in [1.82, 2.24) is 4.98 Å². The summed E-state index contributed by atoms with van der Waals surface area (Å²) in [6.07, 6.45) is 7.47. The number of anilines is 3. The summed E-state index contributed by atoms with van der Waals surface area (Å²) in [5.41, 5.74) is 1.66. The predicted molar refractivity (Wildman–Crippen MR) is 115 cm³/mol. The number of nitrogens with zero attached hydrogens (tertiary/aromatic N) is 1. The third-order valence-corrected chi connectivity index (χ3v) is 6.11. The van der Waals surface area contributed by atoms with Crippen LogP contribution in [0.2, 0.25) is 0 Å². The molecule has 0 saturated heterocycles. The SMILES string of the molecule is CC(=O)Nc1ccc(NS(C)(=O)=O)c(C(=O)Nc2nc3c(s2)CCCCCC3)c1. The molecule has 1 aromatic heterocycles. The number of aryl methyl sites for hydroxylation is 2. The van der Waals surface area contributed by atoms with Crippen LogP contribution in [0.1, 0.15) is 53.5 Å². The Labute approximate surface area is 174 Å². The van der Waals surface area contributed by atoms with Gasteiger partial charge in [-0.1, -0.05) is 12.8 Å². The first-order valence-electron chi connectivity index (χ1n) is 9.40. The van der Waals surface area contributed by atoms with Crippen molar-refractivity contribution in [1.29, 1.82) is 0 Å². The zero-order valence-electron chi connectivity index (χ0n) is 16.4. The van der Waals surface area contributed by atoms with Gasteiger partial charge in [-0.3, -0.25) is 19.6 Å². The Kier molecular flexibility index (Phi) is 6.53. The van der Waals surface area contributed by atoms with E-state index in [1.807, 2.05) is 0 Å². The van der Waals surface area contributed by atoms with Crippen molar-refractivity contribution in [2.24, 2.45) is 0 Å². The van der Waals surface area contributed by atoms with Crippen LogP contribution in [0.4, 0.5) is 16.5 Å². The van der Waals surface area contributed by atoms with E-state index in [9.17, 15) is 18.0 Å². The van der Waals surface area contributed by atoms with Gasteiger partial charge < -0.3 is 5.32 Å². The van der Waals surface area contributed by atoms with Gasteiger partial charge in [-0.05, 0) is 43.9 Å². The Morgan fingerprint density at radius 2 is 1.79 bits per heavy atom. The molecule has 0 fully saturated rings. The number of amides is 2. The van der Waals surface area contributed by atoms with E-state index in [4.69, 9.17) is 0 Å². The first kappa shape index (κ1) is 21.3. The van der Waals surface area contributed by atoms with Crippen LogP contribution < -0.4 is 15.4 Å². The molecule has 156 valence electrons. The van der Waals surface area contributed by atoms with E-state index in [0.29, 0.717) is 10.8 Å². The molecule has 2 amide bonds. The zero-order chi connectivity index (χ0) is 21.0. The van der Waals surface area contributed by atoms with Gasteiger partial charge in [0.25, 0.3) is 5.91 Å². The Hall–Kier alpha value is -2.46. The number of sulfonamides is 1. The highest BCUT2D eigenvalue weighted by Gasteiger charge is 2.19. The van der Waals surface area contributed by atoms with Gasteiger partial charge in [0.05, 0.1) is 23.2 Å². The quantitative estimate of drug-likeness (QED) is 0.664. The predicted octanol–water partition coefficient (Wildman–Crippen LogP) is 3.38. The average molecular weight is 437 g/mol. The maximum Gasteiger partial charge on any atom is 0.259 e. The minimum absolute atomic E-state index is 0.101. The summed E-state index contributed by atoms with van der Waals surface area (Å²) in [6.45, 7) is 1.35. The first-order chi connectivity index (χ1) is 13.7. The number of carbonyl (C=O) groups is 2. The van der Waals surface area contributed by atoms with E-state index in [0.717, 1.165) is 37.6 Å². The lowest BCUT2D eigenvalue weighted by Gasteiger charge is -2.12. The smallest absolute Gasteiger partial charge is 0.259 e. The van der Waals surface area contributed by atoms with Crippen LogP contribution in [0.15, 0.2) is 18.2 Å². The molecule has 2 aromatic rings. The lowest BCUT2D eigenvalue weighted by atomic mass is 10.0. The van der Waals surface area contributed by atoms with Crippen LogP contribution in [-0.2, 0) is 27.7 Å². The number of fused-ring (bicyclic) bond motifs is 1. The number of benzene rings is 1. The fraction of sp³-hybridized carbons (Fsp3) is 0.421. The molecule has 0 atom stereocenters. The molecule has 10 heteroatoms. The van der Waals surface area contributed by atoms with Gasteiger partial charge in [-0.2, -0.15) is 0 Å². The van der Waals surface area contributed by atoms with Gasteiger partial charge in [0.2, 0.25) is 15.9 Å². The topological polar surface area (TPSA) is 117 Å². The van der Waals surface area contributed by atoms with Crippen LogP contribution >= 0.6 is 11.3 Å². The van der Waals surface area contributed by atoms with E-state index < -0.39 is 15.9 Å². The number of rotatable bonds is 5. The van der Waals surface area contributed by atoms with Crippen LogP contribution in [-0.4, -0.2) is 31.5 Å². The summed E-state index contributed by atoms with van der Waals surface area (Å²) in [4.78, 5) is 30.0. The van der Waals surface area contributed by atoms with Crippen LogP contribution in [0.3, 0.4) is 0 Å². The second-order valence-electron chi connectivity index (χ2n) is 7.07. The van der Waals surface area contributed by atoms with Crippen molar-refractivity contribution in [3.63, 3.8) is 0 Å². The van der Waals surface area contributed by atoms with E-state index in [1.54, 1.807) is 0 Å². The average Bonchev–Trinajstić information content (AvgIpc) is 2.95. The Bertz CT molecular complexity index is 1010. The summed E-state index contributed by atoms with van der Waals surface area (Å²) >= 11 is 1.46. The molecule has 3 rings (SSSR count). The van der Waals surface area contributed by atoms with Crippen molar-refractivity contribution in [3.05, 3.63) is 34.3 Å². The summed E-state index contributed by atoms with van der Waals surface area (Å²) in [5.74, 6) is -0.787. The van der Waals surface area contributed by atoms with E-state index in [2.05, 4.69) is 20.3 Å². The molecule has 0 saturated carbocycles. The molecule has 0 aliphatic heterocycles. The zero-order valence-corrected chi connectivity index (χ0v) is 18.0. The Morgan fingerprint density at radius 1 is 1.07 bits per heavy atom. The van der Waals surface area contributed by atoms with E-state index in [-0.39, 0.29) is 17.2 Å². The number of hydrogen-bond acceptors (Lipinski definition) is 6. The molecule has 8 nitrogen and oxygen atoms in total. The Balaban J connectivity index is 1.88. The van der Waals surface area contributed by atoms with Crippen molar-refractivity contribution in [3.8, 4) is 0 Å². The number of hydrogen-bond donors (Lipinski definition) is 3. The van der Waals surface area contributed by atoms with Crippen LogP contribution in [0.25, 0.3) is 0 Å². The highest BCUT2D eigenvalue weighted by molar-refractivity contribution is 7.92. The Morgan fingerprint density at radius 3 is 2.48 bits per heavy atom. The molecule has 0 bridgehead atoms. The highest BCUT2D eigenvalue weighted by Crippen LogP contribution is 2.30. The first-order valence-corrected chi connectivity index (χ1v) is 12.1. The van der Waals surface area contributed by atoms with Crippen LogP contribution in [0, 0.1) is 0 Å². The number of carbonyl (C=O) groups excluding carboxylic acids is 2. The van der Waals surface area contributed by atoms with Crippen molar-refractivity contribution in [2.75, 3.05) is 21.6 Å². The van der Waals surface area contributed by atoms with Gasteiger partial charge in [0.1, 0.15) is 0 Å². The molecule has 29 heavy (non-hydrogen) atoms. The number of aromatic nitrogens is 1. The van der Waals surface area contributed by atoms with E-state index in [1.165, 1.54) is 54.2 Å². The lowest BCUT2D eigenvalue weighted by Crippen LogP contribution is -2.18. The second kappa shape index (κ2) is 8.91. The molecule has 1 aromatic carbocycles. The summed E-state index contributed by atoms with van der Waals surface area (Å²) in [7, 11) is -3.58. The van der Waals surface area contributed by atoms with E-state index >= 15 is 0 Å². The fourth-order valence-electron chi connectivity index (χ4n) is 3.23. The molecular weight excluding hydrogens is 412 g/mol. The summed E-state index contributed by atoms with van der Waals surface area (Å²) in [6, 6.07) is 4.41. The molecule has 1 aliphatic carbocycles. The van der Waals surface area contributed by atoms with Crippen molar-refractivity contribution in [2.45, 2.75) is 45.4 Å². The molecule has 1 aliphatic rings. The minimum Gasteiger partial charge on any atom is -0.326 e. The monoisotopic (exact) mass is 436 g/mol. The normalized spacial score (nSPS) is 14.3. The largest absolute Gasteiger partial charge is 0.326 e. The number of nitrogens with one attached hydrogen (secondary N) is 3. The molecule has 0 unspecified atom stereocenters. The van der Waals surface area contributed by atoms with Crippen molar-refractivity contribution >= 4 is 49.7 Å². The molecule has 0 radical (unpaired) electrons. The number of thiazole rings is 1. The van der Waals surface area contributed by atoms with Gasteiger partial charge in [-0.15, -0.1) is 11.3 Å². The summed E-state index contributed by atoms with van der Waals surface area (Å²) < 4.78 is 25.7. The maximum absolute atomic E-state index is 12.9. The summed E-state index contributed by atoms with van der Waals surface area (Å²) in [5, 5.41) is 5.88. The fourth-order valence-corrected chi connectivity index (χ4v) is 4.85. The lowest BCUT2D eigenvalue weighted by molar-refractivity contribution is -0.114. The molecule has 3 N–H and O–H groups in total. The minimum atomic E-state index is -3.58. The second-order valence-corrected chi connectivity index (χ2v) is 9.91. The van der Waals surface area contributed by atoms with Gasteiger partial charge >= 0.3 is 0 Å². The van der Waals surface area contributed by atoms with Gasteiger partial charge in [0, 0.05) is 17.5 Å². The maximum atomic E-state index is 12.9. The molecule has 1 heterocycles. The molecule has 0 spiro atoms. The highest BCUT2D eigenvalue weighted by atomic mass is 32.2. The molecular formula is C19H24N4O4S2. The third-order valence-electron chi connectivity index (χ3n) is 4.45. The van der Waals surface area contributed by atoms with Crippen molar-refractivity contribution < 1.29 is 18.0 Å². The van der Waals surface area contributed by atoms with Gasteiger partial charge in [0.15, 0.2) is 5.13 Å². The van der Waals surface area contributed by atoms with Crippen LogP contribution in [0.5, 0.6) is 0 Å². The third kappa shape index (κ3) is 6.01.